The van der Waals surface area contributed by atoms with E-state index in [1.54, 1.807) is 0 Å². The van der Waals surface area contributed by atoms with Gasteiger partial charge < -0.3 is 9.45 Å². The van der Waals surface area contributed by atoms with Gasteiger partial charge in [-0.15, -0.1) is 0 Å². The molecule has 0 amide bonds. The van der Waals surface area contributed by atoms with E-state index in [1.165, 1.54) is 141 Å². The summed E-state index contributed by atoms with van der Waals surface area (Å²) in [6, 6.07) is 0. The van der Waals surface area contributed by atoms with Crippen LogP contribution in [0.5, 0.6) is 0 Å². The SMILES string of the molecule is CCCCCCCCCCCCCN(CCCCCCCCCCCCC)C(=S)SO. The lowest BCUT2D eigenvalue weighted by atomic mass is 10.1. The van der Waals surface area contributed by atoms with Crippen molar-refractivity contribution >= 4 is 28.6 Å². The van der Waals surface area contributed by atoms with Crippen molar-refractivity contribution in [1.29, 1.82) is 0 Å². The third-order valence-electron chi connectivity index (χ3n) is 6.40. The van der Waals surface area contributed by atoms with Crippen LogP contribution < -0.4 is 0 Å². The van der Waals surface area contributed by atoms with Crippen LogP contribution in [0, 0.1) is 0 Å². The second-order valence-corrected chi connectivity index (χ2v) is 10.6. The molecule has 0 aromatic carbocycles. The van der Waals surface area contributed by atoms with Crippen LogP contribution in [-0.4, -0.2) is 26.9 Å². The molecule has 0 heterocycles. The fourth-order valence-electron chi connectivity index (χ4n) is 4.29. The standard InChI is InChI=1S/C27H55NOS2/c1-3-5-7-9-11-13-15-17-19-21-23-25-28(27(30)31-29)26-24-22-20-18-16-14-12-10-8-6-4-2/h29H,3-26H2,1-2H3. The van der Waals surface area contributed by atoms with Crippen LogP contribution in [-0.2, 0) is 0 Å². The molecule has 0 aliphatic heterocycles. The average molecular weight is 474 g/mol. The van der Waals surface area contributed by atoms with Gasteiger partial charge in [-0.05, 0) is 12.8 Å². The number of nitrogens with zero attached hydrogens (tertiary/aromatic N) is 1. The number of rotatable bonds is 24. The van der Waals surface area contributed by atoms with Gasteiger partial charge in [0.25, 0.3) is 0 Å². The van der Waals surface area contributed by atoms with Crippen LogP contribution in [0.3, 0.4) is 0 Å². The van der Waals surface area contributed by atoms with Crippen LogP contribution in [0.4, 0.5) is 0 Å². The molecule has 0 aliphatic carbocycles. The first-order valence-electron chi connectivity index (χ1n) is 13.9. The van der Waals surface area contributed by atoms with Crippen molar-refractivity contribution in [3.05, 3.63) is 0 Å². The molecule has 0 unspecified atom stereocenters. The maximum absolute atomic E-state index is 9.39. The monoisotopic (exact) mass is 473 g/mol. The highest BCUT2D eigenvalue weighted by Gasteiger charge is 2.09. The van der Waals surface area contributed by atoms with Gasteiger partial charge in [-0.25, -0.2) is 0 Å². The van der Waals surface area contributed by atoms with E-state index in [0.717, 1.165) is 25.1 Å². The molecular weight excluding hydrogens is 418 g/mol. The summed E-state index contributed by atoms with van der Waals surface area (Å²) in [7, 11) is 0. The Bertz CT molecular complexity index is 339. The van der Waals surface area contributed by atoms with Gasteiger partial charge >= 0.3 is 0 Å². The quantitative estimate of drug-likeness (QED) is 0.0855. The zero-order valence-electron chi connectivity index (χ0n) is 21.2. The van der Waals surface area contributed by atoms with Gasteiger partial charge in [0.1, 0.15) is 0 Å². The number of unbranched alkanes of at least 4 members (excludes halogenated alkanes) is 20. The fourth-order valence-corrected chi connectivity index (χ4v) is 4.77. The molecule has 0 bridgehead atoms. The molecule has 0 aromatic rings. The highest BCUT2D eigenvalue weighted by Crippen LogP contribution is 2.15. The van der Waals surface area contributed by atoms with Gasteiger partial charge in [0.2, 0.25) is 0 Å². The summed E-state index contributed by atoms with van der Waals surface area (Å²) in [6.07, 6.45) is 30.1. The van der Waals surface area contributed by atoms with Crippen LogP contribution in [0.1, 0.15) is 155 Å². The lowest BCUT2D eigenvalue weighted by Gasteiger charge is -2.23. The summed E-state index contributed by atoms with van der Waals surface area (Å²) in [5.74, 6) is 0. The molecule has 0 aliphatic rings. The molecule has 31 heavy (non-hydrogen) atoms. The Balaban J connectivity index is 3.57. The van der Waals surface area contributed by atoms with Crippen molar-refractivity contribution in [3.8, 4) is 0 Å². The van der Waals surface area contributed by atoms with E-state index < -0.39 is 0 Å². The van der Waals surface area contributed by atoms with Crippen LogP contribution >= 0.6 is 24.3 Å². The van der Waals surface area contributed by atoms with Gasteiger partial charge in [0.05, 0.1) is 12.0 Å². The average Bonchev–Trinajstić information content (AvgIpc) is 2.79. The number of hydrogen-bond donors (Lipinski definition) is 1. The Morgan fingerprint density at radius 1 is 0.516 bits per heavy atom. The normalized spacial score (nSPS) is 11.2. The zero-order valence-corrected chi connectivity index (χ0v) is 22.8. The van der Waals surface area contributed by atoms with Gasteiger partial charge in [-0.1, -0.05) is 154 Å². The van der Waals surface area contributed by atoms with Crippen molar-refractivity contribution in [2.24, 2.45) is 0 Å². The lowest BCUT2D eigenvalue weighted by molar-refractivity contribution is 0.393. The smallest absolute Gasteiger partial charge is 0.163 e. The fraction of sp³-hybridized carbons (Fsp3) is 0.963. The molecule has 186 valence electrons. The number of thiocarbonyl (C=S) groups is 1. The van der Waals surface area contributed by atoms with E-state index >= 15 is 0 Å². The van der Waals surface area contributed by atoms with Gasteiger partial charge in [-0.2, -0.15) is 0 Å². The summed E-state index contributed by atoms with van der Waals surface area (Å²) in [5.41, 5.74) is 0. The van der Waals surface area contributed by atoms with E-state index in [2.05, 4.69) is 18.7 Å². The van der Waals surface area contributed by atoms with Crippen LogP contribution in [0.15, 0.2) is 0 Å². The van der Waals surface area contributed by atoms with Crippen molar-refractivity contribution in [2.45, 2.75) is 155 Å². The molecule has 1 N–H and O–H groups in total. The first-order chi connectivity index (χ1) is 15.3. The molecular formula is C27H55NOS2. The second kappa shape index (κ2) is 26.5. The minimum absolute atomic E-state index is 0.666. The molecule has 0 rings (SSSR count). The predicted octanol–water partition coefficient (Wildman–Crippen LogP) is 10.4. The van der Waals surface area contributed by atoms with Gasteiger partial charge in [0.15, 0.2) is 4.32 Å². The first-order valence-corrected chi connectivity index (χ1v) is 15.0. The second-order valence-electron chi connectivity index (χ2n) is 9.42. The van der Waals surface area contributed by atoms with E-state index in [1.807, 2.05) is 0 Å². The van der Waals surface area contributed by atoms with E-state index in [0.29, 0.717) is 4.32 Å². The van der Waals surface area contributed by atoms with E-state index in [4.69, 9.17) is 12.2 Å². The largest absolute Gasteiger partial charge is 0.356 e. The summed E-state index contributed by atoms with van der Waals surface area (Å²) in [5, 5.41) is 0. The highest BCUT2D eigenvalue weighted by molar-refractivity contribution is 8.19. The highest BCUT2D eigenvalue weighted by atomic mass is 32.2. The third kappa shape index (κ3) is 23.2. The lowest BCUT2D eigenvalue weighted by Crippen LogP contribution is -2.29. The van der Waals surface area contributed by atoms with Crippen molar-refractivity contribution in [1.82, 2.24) is 4.90 Å². The van der Waals surface area contributed by atoms with E-state index in [-0.39, 0.29) is 0 Å². The minimum Gasteiger partial charge on any atom is -0.356 e. The summed E-state index contributed by atoms with van der Waals surface area (Å²) < 4.78 is 10.1. The Morgan fingerprint density at radius 2 is 0.774 bits per heavy atom. The van der Waals surface area contributed by atoms with Crippen molar-refractivity contribution in [2.75, 3.05) is 13.1 Å². The van der Waals surface area contributed by atoms with Gasteiger partial charge in [-0.3, -0.25) is 0 Å². The molecule has 0 saturated heterocycles. The first kappa shape index (κ1) is 31.2. The topological polar surface area (TPSA) is 23.5 Å². The van der Waals surface area contributed by atoms with Crippen molar-refractivity contribution < 1.29 is 4.55 Å². The minimum atomic E-state index is 0.666. The molecule has 0 radical (unpaired) electrons. The van der Waals surface area contributed by atoms with Gasteiger partial charge in [0, 0.05) is 13.1 Å². The van der Waals surface area contributed by atoms with E-state index in [9.17, 15) is 4.55 Å². The predicted molar refractivity (Wildman–Crippen MR) is 147 cm³/mol. The summed E-state index contributed by atoms with van der Waals surface area (Å²) >= 11 is 6.13. The Labute approximate surface area is 205 Å². The molecule has 2 nitrogen and oxygen atoms in total. The molecule has 0 saturated carbocycles. The molecule has 0 spiro atoms. The van der Waals surface area contributed by atoms with Crippen LogP contribution in [0.2, 0.25) is 0 Å². The van der Waals surface area contributed by atoms with Crippen LogP contribution in [0.25, 0.3) is 0 Å². The molecule has 0 atom stereocenters. The molecule has 0 fully saturated rings. The Morgan fingerprint density at radius 3 is 1.03 bits per heavy atom. The maximum Gasteiger partial charge on any atom is 0.163 e. The summed E-state index contributed by atoms with van der Waals surface area (Å²) in [6.45, 7) is 6.60. The molecule has 0 aromatic heterocycles. The summed E-state index contributed by atoms with van der Waals surface area (Å²) in [4.78, 5) is 2.24. The Hall–Kier alpha value is 0.200. The number of hydrogen-bond acceptors (Lipinski definition) is 3. The molecule has 4 heteroatoms. The third-order valence-corrected chi connectivity index (χ3v) is 7.30. The zero-order chi connectivity index (χ0) is 22.8. The maximum atomic E-state index is 9.39. The Kier molecular flexibility index (Phi) is 26.6. The van der Waals surface area contributed by atoms with Crippen molar-refractivity contribution in [3.63, 3.8) is 0 Å².